The maximum Gasteiger partial charge on any atom is 0.323 e. The third-order valence-corrected chi connectivity index (χ3v) is 3.88. The van der Waals surface area contributed by atoms with Crippen LogP contribution < -0.4 is 15.8 Å². The maximum atomic E-state index is 12.7. The van der Waals surface area contributed by atoms with Crippen molar-refractivity contribution in [3.63, 3.8) is 0 Å². The van der Waals surface area contributed by atoms with Gasteiger partial charge in [-0.15, -0.1) is 0 Å². The fraction of sp³-hybridized carbons (Fsp3) is 0.333. The molecule has 0 fully saturated rings. The number of carboxylic acid groups (broad SMARTS) is 1. The van der Waals surface area contributed by atoms with Gasteiger partial charge in [0.1, 0.15) is 6.54 Å². The van der Waals surface area contributed by atoms with E-state index in [0.29, 0.717) is 12.2 Å². The summed E-state index contributed by atoms with van der Waals surface area (Å²) in [6, 6.07) is 6.42. The number of rotatable bonds is 7. The Morgan fingerprint density at radius 3 is 2.65 bits per heavy atom. The molecule has 0 spiro atoms. The van der Waals surface area contributed by atoms with E-state index >= 15 is 0 Å². The topological polar surface area (TPSA) is 105 Å². The summed E-state index contributed by atoms with van der Waals surface area (Å²) in [6.45, 7) is 3.60. The number of nitrogens with zero attached hydrogens (tertiary/aromatic N) is 3. The molecule has 0 aliphatic rings. The standard InChI is InChI=1S/C18H22N4O4/c1-18(2,12-21(3)14-5-4-8-19-9-14)17(26)20-13-6-7-15(23)22(10-13)11-16(24)25/h4-10H,11-12H2,1-3H3,(H,20,26)(H,24,25). The molecular weight excluding hydrogens is 336 g/mol. The highest BCUT2D eigenvalue weighted by atomic mass is 16.4. The number of hydrogen-bond acceptors (Lipinski definition) is 5. The molecule has 2 heterocycles. The molecule has 2 rings (SSSR count). The van der Waals surface area contributed by atoms with Gasteiger partial charge in [-0.2, -0.15) is 0 Å². The van der Waals surface area contributed by atoms with Crippen LogP contribution in [0, 0.1) is 5.41 Å². The molecule has 2 aromatic heterocycles. The second-order valence-electron chi connectivity index (χ2n) is 6.68. The molecule has 8 heteroatoms. The lowest BCUT2D eigenvalue weighted by molar-refractivity contribution is -0.137. The number of aromatic nitrogens is 2. The van der Waals surface area contributed by atoms with Crippen molar-refractivity contribution in [3.8, 4) is 0 Å². The number of carbonyl (C=O) groups is 2. The van der Waals surface area contributed by atoms with Crippen molar-refractivity contribution in [1.29, 1.82) is 0 Å². The molecule has 1 amide bonds. The van der Waals surface area contributed by atoms with E-state index in [1.54, 1.807) is 12.4 Å². The summed E-state index contributed by atoms with van der Waals surface area (Å²) in [4.78, 5) is 41.1. The van der Waals surface area contributed by atoms with Gasteiger partial charge in [-0.1, -0.05) is 0 Å². The molecule has 0 saturated heterocycles. The van der Waals surface area contributed by atoms with Gasteiger partial charge in [0.25, 0.3) is 5.56 Å². The van der Waals surface area contributed by atoms with Gasteiger partial charge in [0.15, 0.2) is 0 Å². The molecule has 0 atom stereocenters. The second kappa shape index (κ2) is 7.81. The summed E-state index contributed by atoms with van der Waals surface area (Å²) in [7, 11) is 1.87. The van der Waals surface area contributed by atoms with Gasteiger partial charge < -0.3 is 19.9 Å². The normalized spacial score (nSPS) is 11.0. The van der Waals surface area contributed by atoms with E-state index in [4.69, 9.17) is 5.11 Å². The first-order chi connectivity index (χ1) is 12.2. The zero-order valence-corrected chi connectivity index (χ0v) is 15.0. The van der Waals surface area contributed by atoms with Gasteiger partial charge >= 0.3 is 5.97 Å². The smallest absolute Gasteiger partial charge is 0.323 e. The Kier molecular flexibility index (Phi) is 5.76. The third kappa shape index (κ3) is 4.92. The van der Waals surface area contributed by atoms with E-state index in [1.165, 1.54) is 18.3 Å². The van der Waals surface area contributed by atoms with Gasteiger partial charge in [-0.05, 0) is 32.0 Å². The first-order valence-corrected chi connectivity index (χ1v) is 8.04. The van der Waals surface area contributed by atoms with E-state index < -0.39 is 23.5 Å². The summed E-state index contributed by atoms with van der Waals surface area (Å²) in [6.07, 6.45) is 4.73. The summed E-state index contributed by atoms with van der Waals surface area (Å²) in [5, 5.41) is 11.6. The number of anilines is 2. The molecule has 2 aromatic rings. The van der Waals surface area contributed by atoms with Crippen LogP contribution >= 0.6 is 0 Å². The monoisotopic (exact) mass is 358 g/mol. The van der Waals surface area contributed by atoms with Crippen LogP contribution in [0.15, 0.2) is 47.7 Å². The highest BCUT2D eigenvalue weighted by Gasteiger charge is 2.29. The van der Waals surface area contributed by atoms with Gasteiger partial charge in [0.2, 0.25) is 5.91 Å². The van der Waals surface area contributed by atoms with Gasteiger partial charge in [0, 0.05) is 32.1 Å². The van der Waals surface area contributed by atoms with Crippen LogP contribution in [0.25, 0.3) is 0 Å². The predicted octanol–water partition coefficient (Wildman–Crippen LogP) is 1.43. The summed E-state index contributed by atoms with van der Waals surface area (Å²) in [5.74, 6) is -1.37. The van der Waals surface area contributed by atoms with Gasteiger partial charge in [-0.3, -0.25) is 19.4 Å². The molecule has 138 valence electrons. The molecule has 0 aromatic carbocycles. The lowest BCUT2D eigenvalue weighted by Crippen LogP contribution is -2.41. The average Bonchev–Trinajstić information content (AvgIpc) is 2.57. The maximum absolute atomic E-state index is 12.7. The summed E-state index contributed by atoms with van der Waals surface area (Å²) >= 11 is 0. The third-order valence-electron chi connectivity index (χ3n) is 3.88. The van der Waals surface area contributed by atoms with Gasteiger partial charge in [0.05, 0.1) is 23.0 Å². The SMILES string of the molecule is CN(CC(C)(C)C(=O)Nc1ccc(=O)n(CC(=O)O)c1)c1cccnc1. The number of carbonyl (C=O) groups excluding carboxylic acids is 1. The average molecular weight is 358 g/mol. The Morgan fingerprint density at radius 1 is 1.31 bits per heavy atom. The number of hydrogen-bond donors (Lipinski definition) is 2. The van der Waals surface area contributed by atoms with Crippen LogP contribution in [0.3, 0.4) is 0 Å². The van der Waals surface area contributed by atoms with E-state index in [2.05, 4.69) is 10.3 Å². The van der Waals surface area contributed by atoms with Crippen LogP contribution in [0.1, 0.15) is 13.8 Å². The number of amides is 1. The van der Waals surface area contributed by atoms with Crippen LogP contribution in [0.5, 0.6) is 0 Å². The quantitative estimate of drug-likeness (QED) is 0.776. The molecule has 0 saturated carbocycles. The van der Waals surface area contributed by atoms with Crippen LogP contribution in [-0.4, -0.2) is 40.1 Å². The van der Waals surface area contributed by atoms with Crippen molar-refractivity contribution in [2.24, 2.45) is 5.41 Å². The fourth-order valence-corrected chi connectivity index (χ4v) is 2.51. The van der Waals surface area contributed by atoms with Crippen LogP contribution in [0.4, 0.5) is 11.4 Å². The molecule has 8 nitrogen and oxygen atoms in total. The Morgan fingerprint density at radius 2 is 2.04 bits per heavy atom. The van der Waals surface area contributed by atoms with E-state index in [-0.39, 0.29) is 5.91 Å². The molecule has 0 radical (unpaired) electrons. The fourth-order valence-electron chi connectivity index (χ4n) is 2.51. The summed E-state index contributed by atoms with van der Waals surface area (Å²) in [5.41, 5.74) is 0.0792. The molecule has 26 heavy (non-hydrogen) atoms. The lowest BCUT2D eigenvalue weighted by atomic mass is 9.91. The van der Waals surface area contributed by atoms with Crippen molar-refractivity contribution in [2.75, 3.05) is 23.8 Å². The Bertz CT molecular complexity index is 846. The Labute approximate surface area is 151 Å². The Hall–Kier alpha value is -3.16. The molecule has 0 unspecified atom stereocenters. The van der Waals surface area contributed by atoms with Crippen LogP contribution in [0.2, 0.25) is 0 Å². The molecule has 0 aliphatic heterocycles. The largest absolute Gasteiger partial charge is 0.480 e. The van der Waals surface area contributed by atoms with Crippen molar-refractivity contribution in [1.82, 2.24) is 9.55 Å². The minimum atomic E-state index is -1.13. The van der Waals surface area contributed by atoms with E-state index in [1.807, 2.05) is 37.9 Å². The highest BCUT2D eigenvalue weighted by molar-refractivity contribution is 5.95. The van der Waals surface area contributed by atoms with Crippen molar-refractivity contribution in [2.45, 2.75) is 20.4 Å². The number of pyridine rings is 2. The zero-order chi connectivity index (χ0) is 19.3. The molecule has 0 bridgehead atoms. The van der Waals surface area contributed by atoms with E-state index in [0.717, 1.165) is 10.3 Å². The minimum absolute atomic E-state index is 0.242. The zero-order valence-electron chi connectivity index (χ0n) is 15.0. The van der Waals surface area contributed by atoms with Gasteiger partial charge in [-0.25, -0.2) is 0 Å². The molecular formula is C18H22N4O4. The predicted molar refractivity (Wildman–Crippen MR) is 98.3 cm³/mol. The molecule has 2 N–H and O–H groups in total. The highest BCUT2D eigenvalue weighted by Crippen LogP contribution is 2.22. The van der Waals surface area contributed by atoms with Crippen molar-refractivity contribution >= 4 is 23.3 Å². The first kappa shape index (κ1) is 19.2. The first-order valence-electron chi connectivity index (χ1n) is 8.04. The van der Waals surface area contributed by atoms with Crippen molar-refractivity contribution in [3.05, 3.63) is 53.2 Å². The summed E-state index contributed by atoms with van der Waals surface area (Å²) < 4.78 is 1.03. The van der Waals surface area contributed by atoms with E-state index in [9.17, 15) is 14.4 Å². The number of carboxylic acids is 1. The second-order valence-corrected chi connectivity index (χ2v) is 6.68. The Balaban J connectivity index is 2.10. The lowest BCUT2D eigenvalue weighted by Gasteiger charge is -2.30. The number of aliphatic carboxylic acids is 1. The van der Waals surface area contributed by atoms with Crippen molar-refractivity contribution < 1.29 is 14.7 Å². The van der Waals surface area contributed by atoms with Crippen LogP contribution in [-0.2, 0) is 16.1 Å². The number of nitrogens with one attached hydrogen (secondary N) is 1. The minimum Gasteiger partial charge on any atom is -0.480 e. The molecule has 0 aliphatic carbocycles.